The van der Waals surface area contributed by atoms with Crippen LogP contribution in [0.1, 0.15) is 22.0 Å². The van der Waals surface area contributed by atoms with Crippen LogP contribution in [0.5, 0.6) is 0 Å². The van der Waals surface area contributed by atoms with E-state index in [1.54, 1.807) is 24.3 Å². The van der Waals surface area contributed by atoms with Crippen LogP contribution in [0, 0.1) is 0 Å². The van der Waals surface area contributed by atoms with E-state index in [0.717, 1.165) is 5.56 Å². The number of benzene rings is 2. The number of carbonyl (C=O) groups is 2. The molecule has 0 aromatic heterocycles. The SMILES string of the molecule is O=C(NCCNC(=O)C(c1ccccc1)N1CCS(=O)(=O)CC1)c1ccccc1Cl. The van der Waals surface area contributed by atoms with Crippen LogP contribution in [-0.2, 0) is 14.6 Å². The van der Waals surface area contributed by atoms with E-state index < -0.39 is 15.9 Å². The maximum Gasteiger partial charge on any atom is 0.252 e. The van der Waals surface area contributed by atoms with Gasteiger partial charge >= 0.3 is 0 Å². The fourth-order valence-electron chi connectivity index (χ4n) is 3.35. The molecule has 0 bridgehead atoms. The van der Waals surface area contributed by atoms with Gasteiger partial charge in [-0.1, -0.05) is 54.1 Å². The van der Waals surface area contributed by atoms with Gasteiger partial charge in [0.05, 0.1) is 22.1 Å². The zero-order chi connectivity index (χ0) is 21.6. The standard InChI is InChI=1S/C21H24ClN3O4S/c22-18-9-5-4-8-17(18)20(26)23-10-11-24-21(27)19(16-6-2-1-3-7-16)25-12-14-30(28,29)15-13-25/h1-9,19H,10-15H2,(H,23,26)(H,24,27). The van der Waals surface area contributed by atoms with Crippen LogP contribution in [0.25, 0.3) is 0 Å². The molecule has 30 heavy (non-hydrogen) atoms. The van der Waals surface area contributed by atoms with Gasteiger partial charge in [-0.2, -0.15) is 0 Å². The molecule has 2 N–H and O–H groups in total. The topological polar surface area (TPSA) is 95.6 Å². The number of hydrogen-bond donors (Lipinski definition) is 2. The van der Waals surface area contributed by atoms with Crippen molar-refractivity contribution in [3.63, 3.8) is 0 Å². The van der Waals surface area contributed by atoms with Gasteiger partial charge in [0.15, 0.2) is 9.84 Å². The Bertz CT molecular complexity index is 984. The molecule has 1 aliphatic rings. The van der Waals surface area contributed by atoms with Crippen molar-refractivity contribution in [2.75, 3.05) is 37.7 Å². The number of rotatable bonds is 7. The molecule has 1 fully saturated rings. The zero-order valence-corrected chi connectivity index (χ0v) is 18.0. The van der Waals surface area contributed by atoms with Crippen LogP contribution in [0.2, 0.25) is 5.02 Å². The summed E-state index contributed by atoms with van der Waals surface area (Å²) in [4.78, 5) is 27.0. The lowest BCUT2D eigenvalue weighted by molar-refractivity contribution is -0.126. The van der Waals surface area contributed by atoms with Crippen LogP contribution >= 0.6 is 11.6 Å². The molecule has 1 heterocycles. The third kappa shape index (κ3) is 5.81. The summed E-state index contributed by atoms with van der Waals surface area (Å²) >= 11 is 6.02. The van der Waals surface area contributed by atoms with Gasteiger partial charge in [-0.05, 0) is 17.7 Å². The fraction of sp³-hybridized carbons (Fsp3) is 0.333. The maximum atomic E-state index is 12.9. The van der Waals surface area contributed by atoms with Crippen molar-refractivity contribution in [3.05, 3.63) is 70.7 Å². The molecule has 1 atom stereocenters. The molecule has 9 heteroatoms. The van der Waals surface area contributed by atoms with Crippen molar-refractivity contribution in [1.29, 1.82) is 0 Å². The Labute approximate surface area is 181 Å². The molecule has 160 valence electrons. The number of hydrogen-bond acceptors (Lipinski definition) is 5. The number of halogens is 1. The van der Waals surface area contributed by atoms with Gasteiger partial charge in [-0.3, -0.25) is 14.5 Å². The van der Waals surface area contributed by atoms with E-state index in [1.807, 2.05) is 35.2 Å². The third-order valence-electron chi connectivity index (χ3n) is 4.94. The van der Waals surface area contributed by atoms with Crippen molar-refractivity contribution in [3.8, 4) is 0 Å². The van der Waals surface area contributed by atoms with Crippen molar-refractivity contribution in [2.24, 2.45) is 0 Å². The second kappa shape index (κ2) is 10.1. The van der Waals surface area contributed by atoms with E-state index in [0.29, 0.717) is 23.7 Å². The van der Waals surface area contributed by atoms with Crippen molar-refractivity contribution in [2.45, 2.75) is 6.04 Å². The normalized spacial score (nSPS) is 17.1. The second-order valence-corrected chi connectivity index (χ2v) is 9.74. The predicted octanol–water partition coefficient (Wildman–Crippen LogP) is 1.66. The van der Waals surface area contributed by atoms with Gasteiger partial charge in [-0.15, -0.1) is 0 Å². The largest absolute Gasteiger partial charge is 0.353 e. The summed E-state index contributed by atoms with van der Waals surface area (Å²) in [5, 5.41) is 5.94. The van der Waals surface area contributed by atoms with Gasteiger partial charge in [0, 0.05) is 26.2 Å². The highest BCUT2D eigenvalue weighted by Crippen LogP contribution is 2.23. The highest BCUT2D eigenvalue weighted by Gasteiger charge is 2.32. The molecule has 0 radical (unpaired) electrons. The molecule has 3 rings (SSSR count). The third-order valence-corrected chi connectivity index (χ3v) is 6.87. The Kier molecular flexibility index (Phi) is 7.47. The van der Waals surface area contributed by atoms with Gasteiger partial charge in [0.25, 0.3) is 5.91 Å². The average molecular weight is 450 g/mol. The molecule has 2 aromatic rings. The summed E-state index contributed by atoms with van der Waals surface area (Å²) in [6, 6.07) is 15.4. The summed E-state index contributed by atoms with van der Waals surface area (Å²) in [5.74, 6) is -0.460. The Morgan fingerprint density at radius 2 is 1.53 bits per heavy atom. The molecule has 1 unspecified atom stereocenters. The Morgan fingerprint density at radius 3 is 2.20 bits per heavy atom. The van der Waals surface area contributed by atoms with Crippen molar-refractivity contribution < 1.29 is 18.0 Å². The monoisotopic (exact) mass is 449 g/mol. The van der Waals surface area contributed by atoms with Crippen molar-refractivity contribution in [1.82, 2.24) is 15.5 Å². The van der Waals surface area contributed by atoms with E-state index in [1.165, 1.54) is 0 Å². The first-order valence-corrected chi connectivity index (χ1v) is 11.9. The molecule has 2 amide bonds. The Hall–Kier alpha value is -2.42. The smallest absolute Gasteiger partial charge is 0.252 e. The quantitative estimate of drug-likeness (QED) is 0.627. The van der Waals surface area contributed by atoms with Crippen molar-refractivity contribution >= 4 is 33.3 Å². The summed E-state index contributed by atoms with van der Waals surface area (Å²) in [6.45, 7) is 1.09. The van der Waals surface area contributed by atoms with Crippen LogP contribution in [0.3, 0.4) is 0 Å². The second-order valence-electron chi connectivity index (χ2n) is 7.03. The highest BCUT2D eigenvalue weighted by molar-refractivity contribution is 7.91. The van der Waals surface area contributed by atoms with Gasteiger partial charge in [-0.25, -0.2) is 8.42 Å². The highest BCUT2D eigenvalue weighted by atomic mass is 35.5. The first-order chi connectivity index (χ1) is 14.4. The molecule has 7 nitrogen and oxygen atoms in total. The Balaban J connectivity index is 1.59. The molecule has 2 aromatic carbocycles. The minimum atomic E-state index is -3.05. The molecule has 1 aliphatic heterocycles. The first kappa shape index (κ1) is 22.3. The van der Waals surface area contributed by atoms with E-state index in [9.17, 15) is 18.0 Å². The maximum absolute atomic E-state index is 12.9. The van der Waals surface area contributed by atoms with Crippen LogP contribution in [0.4, 0.5) is 0 Å². The average Bonchev–Trinajstić information content (AvgIpc) is 2.73. The Morgan fingerprint density at radius 1 is 0.933 bits per heavy atom. The van der Waals surface area contributed by atoms with Gasteiger partial charge < -0.3 is 10.6 Å². The first-order valence-electron chi connectivity index (χ1n) is 9.67. The minimum Gasteiger partial charge on any atom is -0.353 e. The number of amides is 2. The summed E-state index contributed by atoms with van der Waals surface area (Å²) in [5.41, 5.74) is 1.18. The minimum absolute atomic E-state index is 0.0392. The van der Waals surface area contributed by atoms with Crippen LogP contribution < -0.4 is 10.6 Å². The predicted molar refractivity (Wildman–Crippen MR) is 116 cm³/mol. The van der Waals surface area contributed by atoms with Crippen LogP contribution in [-0.4, -0.2) is 62.8 Å². The molecular formula is C21H24ClN3O4S. The van der Waals surface area contributed by atoms with Gasteiger partial charge in [0.1, 0.15) is 6.04 Å². The van der Waals surface area contributed by atoms with E-state index in [4.69, 9.17) is 11.6 Å². The molecule has 0 spiro atoms. The fourth-order valence-corrected chi connectivity index (χ4v) is 4.80. The lowest BCUT2D eigenvalue weighted by Gasteiger charge is -2.33. The summed E-state index contributed by atoms with van der Waals surface area (Å²) < 4.78 is 23.5. The summed E-state index contributed by atoms with van der Waals surface area (Å²) in [6.07, 6.45) is 0. The number of carbonyl (C=O) groups excluding carboxylic acids is 2. The molecule has 0 saturated carbocycles. The van der Waals surface area contributed by atoms with E-state index in [-0.39, 0.29) is 36.4 Å². The zero-order valence-electron chi connectivity index (χ0n) is 16.4. The number of sulfone groups is 1. The van der Waals surface area contributed by atoms with Crippen LogP contribution in [0.15, 0.2) is 54.6 Å². The van der Waals surface area contributed by atoms with E-state index >= 15 is 0 Å². The summed E-state index contributed by atoms with van der Waals surface area (Å²) in [7, 11) is -3.05. The molecular weight excluding hydrogens is 426 g/mol. The molecule has 0 aliphatic carbocycles. The molecule has 1 saturated heterocycles. The number of nitrogens with one attached hydrogen (secondary N) is 2. The van der Waals surface area contributed by atoms with Gasteiger partial charge in [0.2, 0.25) is 5.91 Å². The number of nitrogens with zero attached hydrogens (tertiary/aromatic N) is 1. The lowest BCUT2D eigenvalue weighted by Crippen LogP contribution is -2.48. The van der Waals surface area contributed by atoms with E-state index in [2.05, 4.69) is 10.6 Å². The lowest BCUT2D eigenvalue weighted by atomic mass is 10.0.